The third kappa shape index (κ3) is 2.56. The average molecular weight is 338 g/mol. The van der Waals surface area contributed by atoms with Crippen LogP contribution in [0.5, 0.6) is 0 Å². The monoisotopic (exact) mass is 338 g/mol. The fourth-order valence-corrected chi connectivity index (χ4v) is 5.64. The van der Waals surface area contributed by atoms with Crippen molar-refractivity contribution in [1.82, 2.24) is 9.97 Å². The Labute approximate surface area is 129 Å². The first-order valence-electron chi connectivity index (χ1n) is 5.63. The molecule has 6 nitrogen and oxygen atoms in total. The molecular weight excluding hydrogens is 330 g/mol. The topological polar surface area (TPSA) is 106 Å². The number of aromatic nitrogens is 2. The van der Waals surface area contributed by atoms with Crippen molar-refractivity contribution in [2.24, 2.45) is 5.14 Å². The highest BCUT2D eigenvalue weighted by atomic mass is 32.2. The van der Waals surface area contributed by atoms with Crippen LogP contribution < -0.4 is 5.14 Å². The molecule has 0 bridgehead atoms. The number of aliphatic carboxylic acids is 1. The van der Waals surface area contributed by atoms with Gasteiger partial charge in [0.15, 0.2) is 11.1 Å². The molecule has 0 fully saturated rings. The van der Waals surface area contributed by atoms with E-state index in [0.717, 1.165) is 26.5 Å². The molecule has 2 aromatic heterocycles. The van der Waals surface area contributed by atoms with E-state index < -0.39 is 22.2 Å². The van der Waals surface area contributed by atoms with Crippen LogP contribution in [0.25, 0.3) is 14.6 Å². The van der Waals surface area contributed by atoms with Crippen molar-refractivity contribution in [2.45, 2.75) is 4.34 Å². The number of rotatable bonds is 4. The Morgan fingerprint density at radius 3 is 2.71 bits per heavy atom. The fraction of sp³-hybridized carbons (Fsp3) is 0. The summed E-state index contributed by atoms with van der Waals surface area (Å²) in [6, 6.07) is 7.67. The number of hydrogen-bond donors (Lipinski definition) is 2. The van der Waals surface area contributed by atoms with Gasteiger partial charge in [0.1, 0.15) is 0 Å². The quantitative estimate of drug-likeness (QED) is 0.326. The van der Waals surface area contributed by atoms with Crippen LogP contribution in [0.3, 0.4) is 0 Å². The first-order valence-corrected chi connectivity index (χ1v) is 8.62. The predicted molar refractivity (Wildman–Crippen MR) is 83.2 cm³/mol. The molecule has 2 heterocycles. The van der Waals surface area contributed by atoms with Crippen LogP contribution in [0.4, 0.5) is 0 Å². The summed E-state index contributed by atoms with van der Waals surface area (Å²) in [5.41, 5.74) is 0.774. The zero-order valence-electron chi connectivity index (χ0n) is 10.3. The summed E-state index contributed by atoms with van der Waals surface area (Å²) in [4.78, 5) is 30.8. The van der Waals surface area contributed by atoms with Gasteiger partial charge in [0.2, 0.25) is 0 Å². The van der Waals surface area contributed by atoms with Gasteiger partial charge in [-0.15, -0.1) is 0 Å². The smallest absolute Gasteiger partial charge is 0.379 e. The first kappa shape index (κ1) is 14.1. The van der Waals surface area contributed by atoms with Crippen molar-refractivity contribution in [3.05, 3.63) is 35.3 Å². The predicted octanol–water partition coefficient (Wildman–Crippen LogP) is 2.66. The molecule has 1 unspecified atom stereocenters. The van der Waals surface area contributed by atoms with Gasteiger partial charge in [-0.05, 0) is 12.1 Å². The number of Topliss-reactive ketones (excluding diaryl/α,β-unsaturated/α-hetero) is 1. The van der Waals surface area contributed by atoms with Gasteiger partial charge < -0.3 is 5.11 Å². The Balaban J connectivity index is 2.12. The summed E-state index contributed by atoms with van der Waals surface area (Å²) in [5.74, 6) is -2.56. The second-order valence-electron chi connectivity index (χ2n) is 3.92. The second-order valence-corrected chi connectivity index (χ2v) is 7.77. The number of ketones is 1. The van der Waals surface area contributed by atoms with Gasteiger partial charge in [-0.2, -0.15) is 9.97 Å². The maximum atomic E-state index is 11.5. The van der Waals surface area contributed by atoms with E-state index in [4.69, 9.17) is 10.2 Å². The number of thiazole rings is 2. The first-order chi connectivity index (χ1) is 10.1. The average Bonchev–Trinajstić information content (AvgIpc) is 3.09. The van der Waals surface area contributed by atoms with E-state index in [1.807, 2.05) is 24.3 Å². The molecule has 0 aliphatic carbocycles. The van der Waals surface area contributed by atoms with E-state index in [-0.39, 0.29) is 5.69 Å². The third-order valence-electron chi connectivity index (χ3n) is 2.62. The molecule has 1 aromatic carbocycles. The molecule has 0 saturated carbocycles. The maximum Gasteiger partial charge on any atom is 0.379 e. The molecule has 3 N–H and O–H groups in total. The Kier molecular flexibility index (Phi) is 3.72. The van der Waals surface area contributed by atoms with Crippen molar-refractivity contribution < 1.29 is 14.7 Å². The lowest BCUT2D eigenvalue weighted by Crippen LogP contribution is -2.12. The molecule has 9 heteroatoms. The van der Waals surface area contributed by atoms with Crippen LogP contribution in [0.1, 0.15) is 10.5 Å². The summed E-state index contributed by atoms with van der Waals surface area (Å²) in [5, 5.41) is 15.9. The number of benzene rings is 1. The Morgan fingerprint density at radius 1 is 1.29 bits per heavy atom. The van der Waals surface area contributed by atoms with Crippen molar-refractivity contribution in [3.8, 4) is 4.34 Å². The molecule has 3 aromatic rings. The van der Waals surface area contributed by atoms with Gasteiger partial charge in [-0.3, -0.25) is 9.93 Å². The zero-order valence-corrected chi connectivity index (χ0v) is 12.8. The van der Waals surface area contributed by atoms with Crippen molar-refractivity contribution >= 4 is 55.7 Å². The molecule has 0 spiro atoms. The second kappa shape index (κ2) is 5.53. The van der Waals surface area contributed by atoms with E-state index in [1.54, 1.807) is 0 Å². The van der Waals surface area contributed by atoms with Crippen LogP contribution in [0, 0.1) is 0 Å². The lowest BCUT2D eigenvalue weighted by atomic mass is 10.3. The summed E-state index contributed by atoms with van der Waals surface area (Å²) < 4.78 is 2.28. The summed E-state index contributed by atoms with van der Waals surface area (Å²) in [6.07, 6.45) is 0. The number of carboxylic acid groups (broad SMARTS) is 1. The molecular formula is C12H8N3O3S3+. The summed E-state index contributed by atoms with van der Waals surface area (Å²) in [7, 11) is -0.679. The minimum atomic E-state index is -1.53. The van der Waals surface area contributed by atoms with Crippen LogP contribution in [-0.2, 0) is 4.79 Å². The van der Waals surface area contributed by atoms with E-state index >= 15 is 0 Å². The molecule has 1 atom stereocenters. The molecule has 0 aliphatic heterocycles. The fourth-order valence-electron chi connectivity index (χ4n) is 1.70. The van der Waals surface area contributed by atoms with E-state index in [1.165, 1.54) is 16.7 Å². The van der Waals surface area contributed by atoms with Gasteiger partial charge in [0.05, 0.1) is 20.7 Å². The Morgan fingerprint density at radius 2 is 2.05 bits per heavy atom. The number of nitrogens with zero attached hydrogens (tertiary/aromatic N) is 2. The maximum absolute atomic E-state index is 11.5. The number of carboxylic acids is 1. The van der Waals surface area contributed by atoms with Crippen LogP contribution in [-0.4, -0.2) is 26.8 Å². The van der Waals surface area contributed by atoms with Crippen molar-refractivity contribution in [1.29, 1.82) is 0 Å². The lowest BCUT2D eigenvalue weighted by Gasteiger charge is -1.83. The summed E-state index contributed by atoms with van der Waals surface area (Å²) >= 11 is 2.39. The van der Waals surface area contributed by atoms with Crippen molar-refractivity contribution in [3.63, 3.8) is 0 Å². The SMILES string of the molecule is NSc1nc(C(=O)C(=O)O)c[s+]1-c1nc2ccccc2s1. The highest BCUT2D eigenvalue weighted by molar-refractivity contribution is 7.99. The highest BCUT2D eigenvalue weighted by Crippen LogP contribution is 2.43. The Hall–Kier alpha value is -1.81. The number of carbonyl (C=O) groups is 2. The normalized spacial score (nSPS) is 11.8. The molecule has 106 valence electrons. The molecule has 3 rings (SSSR count). The van der Waals surface area contributed by atoms with E-state index in [0.29, 0.717) is 4.34 Å². The van der Waals surface area contributed by atoms with Gasteiger partial charge in [0.25, 0.3) is 5.78 Å². The standard InChI is InChI=1S/C12H7N3O3S3/c13-20-12-15-7(9(16)10(17)18)5-21(12)11-14-6-3-1-2-4-8(6)19-11/h1-5H,13H2/p+1. The van der Waals surface area contributed by atoms with Gasteiger partial charge in [-0.1, -0.05) is 23.5 Å². The number of para-hydroxylation sites is 1. The van der Waals surface area contributed by atoms with Gasteiger partial charge in [-0.25, -0.2) is 4.79 Å². The van der Waals surface area contributed by atoms with Crippen LogP contribution in [0.15, 0.2) is 34.0 Å². The number of carbonyl (C=O) groups excluding carboxylic acids is 1. The molecule has 21 heavy (non-hydrogen) atoms. The minimum Gasteiger partial charge on any atom is -0.475 e. The highest BCUT2D eigenvalue weighted by Gasteiger charge is 2.30. The Bertz CT molecular complexity index is 823. The minimum absolute atomic E-state index is 0.0851. The third-order valence-corrected chi connectivity index (χ3v) is 6.75. The van der Waals surface area contributed by atoms with Crippen LogP contribution >= 0.6 is 33.8 Å². The zero-order chi connectivity index (χ0) is 15.0. The van der Waals surface area contributed by atoms with Gasteiger partial charge >= 0.3 is 14.6 Å². The van der Waals surface area contributed by atoms with Crippen LogP contribution in [0.2, 0.25) is 0 Å². The van der Waals surface area contributed by atoms with Crippen molar-refractivity contribution in [2.75, 3.05) is 0 Å². The molecule has 0 amide bonds. The number of nitrogens with two attached hydrogens (primary N) is 1. The van der Waals surface area contributed by atoms with E-state index in [2.05, 4.69) is 9.97 Å². The lowest BCUT2D eigenvalue weighted by molar-refractivity contribution is -0.131. The number of hydrogen-bond acceptors (Lipinski definition) is 7. The molecule has 0 radical (unpaired) electrons. The number of fused-ring (bicyclic) bond motifs is 1. The molecule has 0 saturated heterocycles. The summed E-state index contributed by atoms with van der Waals surface area (Å²) in [6.45, 7) is 0. The van der Waals surface area contributed by atoms with E-state index in [9.17, 15) is 9.59 Å². The molecule has 0 aliphatic rings. The largest absolute Gasteiger partial charge is 0.475 e. The van der Waals surface area contributed by atoms with Gasteiger partial charge in [0, 0.05) is 11.9 Å².